The van der Waals surface area contributed by atoms with E-state index in [4.69, 9.17) is 24.0 Å². The normalized spacial score (nSPS) is 21.8. The maximum Gasteiger partial charge on any atom is 0.355 e. The smallest absolute Gasteiger partial charge is 0.355 e. The standard InChI is InChI=1S/C29H33IN3O7.C22H24IN3O5/c1-6-13-37-29(36)26-21(16-38-22-10-8-9-20(24(22)30)15-32-12-11-31(5)17-32)18(3)25-23(27(34)33(25)26)19(4)28(35)40-39-14-7-2;1-12-15(20(22(29)30)26-19(12)17(13(2)27)21(26)28)10-31-16-6-4-5-14(18(16)23)9-25-8-7-24(3)11-25/h6-12,17-19,23,25H,1-2,13-16H2,3-5H3;4-8,11-13,17,19,27H,9-10H2,1-3H3/q+1;/p+1/t18-,19?,23?,25?;12-,13?,17?,19?/m00/s1. The minimum absolute atomic E-state index is 0.00143. The fourth-order valence-corrected chi connectivity index (χ4v) is 11.1. The third-order valence-corrected chi connectivity index (χ3v) is 15.7. The number of carbonyl (C=O) groups is 5. The zero-order valence-corrected chi connectivity index (χ0v) is 44.6. The summed E-state index contributed by atoms with van der Waals surface area (Å²) < 4.78 is 27.7. The number of ether oxygens (including phenoxy) is 3. The SMILES string of the molecule is C=CCOOC(=O)C(C)C1C(=O)N2C(C(=O)OCC=C)=C(COc3cccc(Cn4cc[n+](C)c4)c3I)[C@H](C)C12.CC(O)C1C(=O)N2C(C(=O)O)=C(COc3cccc(Cn4cc[n+](C)c4)c3I)[C@H](C)C12. The van der Waals surface area contributed by atoms with Crippen molar-refractivity contribution in [1.82, 2.24) is 18.9 Å². The quantitative estimate of drug-likeness (QED) is 0.0182. The van der Waals surface area contributed by atoms with Crippen LogP contribution < -0.4 is 18.6 Å². The lowest BCUT2D eigenvalue weighted by atomic mass is 9.74. The Morgan fingerprint density at radius 2 is 1.24 bits per heavy atom. The van der Waals surface area contributed by atoms with Crippen molar-refractivity contribution in [3.05, 3.63) is 140 Å². The summed E-state index contributed by atoms with van der Waals surface area (Å²) in [6.45, 7) is 15.7. The van der Waals surface area contributed by atoms with E-state index in [9.17, 15) is 34.2 Å². The molecule has 2 amide bonds. The van der Waals surface area contributed by atoms with E-state index in [0.29, 0.717) is 35.7 Å². The van der Waals surface area contributed by atoms with Crippen LogP contribution in [0.25, 0.3) is 0 Å². The van der Waals surface area contributed by atoms with Crippen molar-refractivity contribution in [2.75, 3.05) is 26.4 Å². The van der Waals surface area contributed by atoms with Crippen LogP contribution in [0, 0.1) is 36.7 Å². The number of aliphatic hydroxyl groups excluding tert-OH is 1. The molecule has 2 aromatic carbocycles. The number of aliphatic carboxylic acids is 1. The van der Waals surface area contributed by atoms with Crippen molar-refractivity contribution in [3.63, 3.8) is 0 Å². The number of halogens is 2. The first kappa shape index (κ1) is 53.0. The number of aryl methyl sites for hydroxylation is 2. The maximum atomic E-state index is 13.3. The van der Waals surface area contributed by atoms with Gasteiger partial charge in [-0.3, -0.25) is 14.5 Å². The van der Waals surface area contributed by atoms with Gasteiger partial charge in [0.1, 0.15) is 87.2 Å². The monoisotopic (exact) mass is 1200 g/mol. The van der Waals surface area contributed by atoms with Crippen molar-refractivity contribution in [1.29, 1.82) is 0 Å². The first-order valence-corrected chi connectivity index (χ1v) is 25.1. The second kappa shape index (κ2) is 22.7. The average Bonchev–Trinajstić information content (AvgIpc) is 4.07. The van der Waals surface area contributed by atoms with Gasteiger partial charge in [0.15, 0.2) is 0 Å². The minimum atomic E-state index is -1.14. The first-order chi connectivity index (χ1) is 33.9. The Kier molecular flexibility index (Phi) is 16.9. The molecule has 2 saturated heterocycles. The molecule has 4 aliphatic heterocycles. The Morgan fingerprint density at radius 3 is 1.70 bits per heavy atom. The van der Waals surface area contributed by atoms with Gasteiger partial charge in [-0.05, 0) is 64.2 Å². The van der Waals surface area contributed by atoms with Gasteiger partial charge in [0.25, 0.3) is 0 Å². The molecule has 18 nitrogen and oxygen atoms in total. The summed E-state index contributed by atoms with van der Waals surface area (Å²) in [6, 6.07) is 10.9. The molecule has 20 heteroatoms. The van der Waals surface area contributed by atoms with Crippen molar-refractivity contribution in [3.8, 4) is 11.5 Å². The van der Waals surface area contributed by atoms with Crippen LogP contribution in [0.5, 0.6) is 11.5 Å². The van der Waals surface area contributed by atoms with Crippen molar-refractivity contribution in [2.45, 2.75) is 59.0 Å². The number of imidazole rings is 2. The summed E-state index contributed by atoms with van der Waals surface area (Å²) in [5.41, 5.74) is 3.54. The third-order valence-electron chi connectivity index (χ3n) is 13.3. The number of amides is 2. The number of β-lactam (4-membered cyclic amide) rings is 2. The van der Waals surface area contributed by atoms with E-state index in [1.165, 1.54) is 22.0 Å². The van der Waals surface area contributed by atoms with E-state index < -0.39 is 47.8 Å². The lowest BCUT2D eigenvalue weighted by molar-refractivity contribution is -0.671. The number of esters is 1. The molecule has 4 aromatic rings. The molecule has 0 aliphatic carbocycles. The van der Waals surface area contributed by atoms with Crippen molar-refractivity contribution >= 4 is 74.9 Å². The number of hydrogen-bond acceptors (Lipinski definition) is 11. The van der Waals surface area contributed by atoms with Crippen LogP contribution in [0.3, 0.4) is 0 Å². The number of carboxylic acids is 1. The van der Waals surface area contributed by atoms with E-state index in [-0.39, 0.29) is 67.5 Å². The van der Waals surface area contributed by atoms with Gasteiger partial charge in [0.2, 0.25) is 24.5 Å². The lowest BCUT2D eigenvalue weighted by Crippen LogP contribution is -2.63. The Morgan fingerprint density at radius 1 is 0.761 bits per heavy atom. The predicted molar refractivity (Wildman–Crippen MR) is 271 cm³/mol. The van der Waals surface area contributed by atoms with Crippen LogP contribution in [0.15, 0.2) is 122 Å². The summed E-state index contributed by atoms with van der Waals surface area (Å²) in [5.74, 6) is -4.28. The maximum absolute atomic E-state index is 13.3. The van der Waals surface area contributed by atoms with Crippen molar-refractivity contribution in [2.24, 2.45) is 43.7 Å². The largest absolute Gasteiger partial charge is 0.488 e. The Bertz CT molecular complexity index is 2800. The number of rotatable bonds is 20. The first-order valence-electron chi connectivity index (χ1n) is 23.0. The Balaban J connectivity index is 0.000000215. The number of carbonyl (C=O) groups excluding carboxylic acids is 4. The molecule has 2 aromatic heterocycles. The number of aliphatic hydroxyl groups is 1. The van der Waals surface area contributed by atoms with Crippen LogP contribution in [0.2, 0.25) is 0 Å². The number of fused-ring (bicyclic) bond motifs is 2. The van der Waals surface area contributed by atoms with Crippen LogP contribution in [-0.4, -0.2) is 103 Å². The molecule has 4 aliphatic rings. The summed E-state index contributed by atoms with van der Waals surface area (Å²) >= 11 is 4.51. The van der Waals surface area contributed by atoms with Gasteiger partial charge in [-0.25, -0.2) is 32.7 Å². The number of nitrogens with zero attached hydrogens (tertiary/aromatic N) is 6. The van der Waals surface area contributed by atoms with Crippen molar-refractivity contribution < 1.29 is 67.3 Å². The minimum Gasteiger partial charge on any atom is -0.488 e. The van der Waals surface area contributed by atoms with E-state index in [1.54, 1.807) is 13.8 Å². The number of carboxylic acid groups (broad SMARTS) is 1. The van der Waals surface area contributed by atoms with Gasteiger partial charge in [0.05, 0.1) is 57.2 Å². The molecule has 0 bridgehead atoms. The zero-order chi connectivity index (χ0) is 51.4. The number of benzene rings is 2. The van der Waals surface area contributed by atoms with Crippen LogP contribution in [-0.2, 0) is 65.7 Å². The van der Waals surface area contributed by atoms with Crippen LogP contribution in [0.4, 0.5) is 0 Å². The fourth-order valence-electron chi connectivity index (χ4n) is 9.72. The molecule has 0 saturated carbocycles. The number of hydrogen-bond donors (Lipinski definition) is 2. The van der Waals surface area contributed by atoms with Gasteiger partial charge >= 0.3 is 17.9 Å². The van der Waals surface area contributed by atoms with Gasteiger partial charge in [-0.2, -0.15) is 4.89 Å². The highest BCUT2D eigenvalue weighted by atomic mass is 127. The van der Waals surface area contributed by atoms with Crippen LogP contribution in [0.1, 0.15) is 38.8 Å². The van der Waals surface area contributed by atoms with E-state index in [2.05, 4.69) is 67.5 Å². The highest BCUT2D eigenvalue weighted by molar-refractivity contribution is 14.1. The second-order valence-electron chi connectivity index (χ2n) is 18.0. The lowest BCUT2D eigenvalue weighted by Gasteiger charge is -2.47. The highest BCUT2D eigenvalue weighted by Gasteiger charge is 2.62. The van der Waals surface area contributed by atoms with Gasteiger partial charge in [-0.15, -0.1) is 6.58 Å². The van der Waals surface area contributed by atoms with Crippen LogP contribution >= 0.6 is 45.2 Å². The predicted octanol–water partition coefficient (Wildman–Crippen LogP) is 4.64. The molecule has 71 heavy (non-hydrogen) atoms. The second-order valence-corrected chi connectivity index (χ2v) is 20.2. The molecule has 2 fully saturated rings. The fraction of sp³-hybridized carbons (Fsp3) is 0.392. The van der Waals surface area contributed by atoms with E-state index >= 15 is 0 Å². The molecule has 6 unspecified atom stereocenters. The topological polar surface area (TPSA) is 196 Å². The summed E-state index contributed by atoms with van der Waals surface area (Å²) in [4.78, 5) is 75.8. The molecule has 0 radical (unpaired) electrons. The summed E-state index contributed by atoms with van der Waals surface area (Å²) in [6.07, 6.45) is 14.0. The van der Waals surface area contributed by atoms with Gasteiger partial charge in [0, 0.05) is 34.1 Å². The Labute approximate surface area is 439 Å². The molecule has 0 spiro atoms. The molecular weight excluding hydrogens is 1140 g/mol. The van der Waals surface area contributed by atoms with E-state index in [1.807, 2.05) is 111 Å². The molecular formula is C51H58I2N6O12+2. The average molecular weight is 1200 g/mol. The Hall–Kier alpha value is -5.85. The third kappa shape index (κ3) is 10.8. The van der Waals surface area contributed by atoms with Gasteiger partial charge in [-0.1, -0.05) is 63.8 Å². The number of aromatic nitrogens is 4. The molecule has 8 atom stereocenters. The molecule has 6 heterocycles. The molecule has 2 N–H and O–H groups in total. The molecule has 376 valence electrons. The highest BCUT2D eigenvalue weighted by Crippen LogP contribution is 2.50. The molecule has 8 rings (SSSR count). The van der Waals surface area contributed by atoms with E-state index in [0.717, 1.165) is 18.3 Å². The summed E-state index contributed by atoms with van der Waals surface area (Å²) in [5, 5.41) is 19.7. The summed E-state index contributed by atoms with van der Waals surface area (Å²) in [7, 11) is 3.93. The zero-order valence-electron chi connectivity index (χ0n) is 40.3. The van der Waals surface area contributed by atoms with Gasteiger partial charge < -0.3 is 34.2 Å².